The van der Waals surface area contributed by atoms with Crippen LogP contribution >= 0.6 is 23.2 Å². The Labute approximate surface area is 96.2 Å². The third kappa shape index (κ3) is 2.49. The zero-order valence-electron chi connectivity index (χ0n) is 7.60. The topological polar surface area (TPSA) is 26.3 Å². The predicted octanol–water partition coefficient (Wildman–Crippen LogP) is 3.51. The molecule has 1 aromatic carbocycles. The smallest absolute Gasteiger partial charge is 0.167 e. The summed E-state index contributed by atoms with van der Waals surface area (Å²) in [5.74, 6) is -0.937. The van der Waals surface area contributed by atoms with Crippen LogP contribution in [0.4, 0.5) is 4.39 Å². The highest BCUT2D eigenvalue weighted by molar-refractivity contribution is 6.43. The van der Waals surface area contributed by atoms with Crippen molar-refractivity contribution < 1.29 is 13.9 Å². The van der Waals surface area contributed by atoms with Crippen molar-refractivity contribution in [3.05, 3.63) is 40.1 Å². The number of carbonyl (C=O) groups is 1. The molecule has 0 radical (unpaired) electrons. The van der Waals surface area contributed by atoms with Gasteiger partial charge in [0.1, 0.15) is 6.61 Å². The van der Waals surface area contributed by atoms with Crippen LogP contribution in [0.3, 0.4) is 0 Å². The molecule has 0 spiro atoms. The molecule has 0 amide bonds. The molecule has 0 bridgehead atoms. The van der Waals surface area contributed by atoms with Crippen LogP contribution in [0, 0.1) is 5.82 Å². The van der Waals surface area contributed by atoms with E-state index in [2.05, 4.69) is 6.58 Å². The van der Waals surface area contributed by atoms with E-state index in [4.69, 9.17) is 27.9 Å². The number of carbonyl (C=O) groups excluding carboxylic acids is 1. The summed E-state index contributed by atoms with van der Waals surface area (Å²) in [4.78, 5) is 10.7. The van der Waals surface area contributed by atoms with Gasteiger partial charge in [-0.25, -0.2) is 4.39 Å². The molecule has 0 heterocycles. The van der Waals surface area contributed by atoms with E-state index in [0.29, 0.717) is 6.29 Å². The van der Waals surface area contributed by atoms with Crippen LogP contribution in [0.25, 0.3) is 0 Å². The molecular formula is C10H7Cl2FO2. The quantitative estimate of drug-likeness (QED) is 0.463. The van der Waals surface area contributed by atoms with E-state index in [1.54, 1.807) is 0 Å². The largest absolute Gasteiger partial charge is 0.486 e. The van der Waals surface area contributed by atoms with Gasteiger partial charge >= 0.3 is 0 Å². The second kappa shape index (κ2) is 5.14. The van der Waals surface area contributed by atoms with Crippen molar-refractivity contribution in [1.82, 2.24) is 0 Å². The zero-order chi connectivity index (χ0) is 11.4. The molecule has 15 heavy (non-hydrogen) atoms. The highest BCUT2D eigenvalue weighted by Gasteiger charge is 2.16. The van der Waals surface area contributed by atoms with E-state index in [1.807, 2.05) is 0 Å². The van der Waals surface area contributed by atoms with Crippen LogP contribution < -0.4 is 4.74 Å². The highest BCUT2D eigenvalue weighted by Crippen LogP contribution is 2.34. The van der Waals surface area contributed by atoms with E-state index in [1.165, 1.54) is 6.08 Å². The van der Waals surface area contributed by atoms with Gasteiger partial charge in [0.2, 0.25) is 0 Å². The van der Waals surface area contributed by atoms with E-state index in [9.17, 15) is 9.18 Å². The highest BCUT2D eigenvalue weighted by atomic mass is 35.5. The maximum Gasteiger partial charge on any atom is 0.167 e. The number of hydrogen-bond donors (Lipinski definition) is 0. The van der Waals surface area contributed by atoms with Crippen molar-refractivity contribution in [2.24, 2.45) is 0 Å². The molecule has 0 N–H and O–H groups in total. The number of rotatable bonds is 4. The molecule has 5 heteroatoms. The third-order valence-electron chi connectivity index (χ3n) is 1.62. The van der Waals surface area contributed by atoms with Crippen LogP contribution in [0.2, 0.25) is 10.0 Å². The summed E-state index contributed by atoms with van der Waals surface area (Å²) in [6.07, 6.45) is 1.83. The Morgan fingerprint density at radius 2 is 2.20 bits per heavy atom. The lowest BCUT2D eigenvalue weighted by atomic mass is 10.2. The minimum Gasteiger partial charge on any atom is -0.486 e. The van der Waals surface area contributed by atoms with Gasteiger partial charge in [0.05, 0.1) is 15.6 Å². The Balaban J connectivity index is 3.28. The first-order chi connectivity index (χ1) is 7.11. The van der Waals surface area contributed by atoms with Crippen LogP contribution in [0.1, 0.15) is 10.4 Å². The van der Waals surface area contributed by atoms with Crippen molar-refractivity contribution in [1.29, 1.82) is 0 Å². The molecule has 0 aliphatic heterocycles. The van der Waals surface area contributed by atoms with Crippen molar-refractivity contribution in [2.45, 2.75) is 0 Å². The van der Waals surface area contributed by atoms with Crippen molar-refractivity contribution in [3.8, 4) is 5.75 Å². The maximum atomic E-state index is 13.3. The molecule has 0 unspecified atom stereocenters. The summed E-state index contributed by atoms with van der Waals surface area (Å²) < 4.78 is 18.3. The van der Waals surface area contributed by atoms with Crippen molar-refractivity contribution in [3.63, 3.8) is 0 Å². The molecule has 0 fully saturated rings. The van der Waals surface area contributed by atoms with E-state index in [0.717, 1.165) is 6.07 Å². The van der Waals surface area contributed by atoms with Gasteiger partial charge in [0.15, 0.2) is 17.9 Å². The minimum atomic E-state index is -0.728. The normalized spacial score (nSPS) is 9.80. The molecule has 0 aliphatic rings. The lowest BCUT2D eigenvalue weighted by Crippen LogP contribution is -2.01. The summed E-state index contributed by atoms with van der Waals surface area (Å²) in [6.45, 7) is 3.49. The van der Waals surface area contributed by atoms with E-state index >= 15 is 0 Å². The molecule has 0 aliphatic carbocycles. The lowest BCUT2D eigenvalue weighted by molar-refractivity contribution is 0.111. The van der Waals surface area contributed by atoms with Crippen LogP contribution in [-0.4, -0.2) is 12.9 Å². The van der Waals surface area contributed by atoms with Crippen LogP contribution in [0.15, 0.2) is 18.7 Å². The van der Waals surface area contributed by atoms with Gasteiger partial charge in [0, 0.05) is 0 Å². The number of hydrogen-bond acceptors (Lipinski definition) is 2. The van der Waals surface area contributed by atoms with Gasteiger partial charge in [-0.15, -0.1) is 0 Å². The third-order valence-corrected chi connectivity index (χ3v) is 2.43. The van der Waals surface area contributed by atoms with E-state index in [-0.39, 0.29) is 28.0 Å². The van der Waals surface area contributed by atoms with E-state index < -0.39 is 5.82 Å². The number of aldehydes is 1. The Morgan fingerprint density at radius 1 is 1.53 bits per heavy atom. The fraction of sp³-hybridized carbons (Fsp3) is 0.100. The molecular weight excluding hydrogens is 242 g/mol. The SMILES string of the molecule is C=CCOc1c(F)cc(Cl)c(Cl)c1C=O. The molecule has 0 saturated heterocycles. The molecule has 1 rings (SSSR count). The second-order valence-electron chi connectivity index (χ2n) is 2.61. The monoisotopic (exact) mass is 248 g/mol. The maximum absolute atomic E-state index is 13.3. The van der Waals surface area contributed by atoms with Gasteiger partial charge < -0.3 is 4.74 Å². The summed E-state index contributed by atoms with van der Waals surface area (Å²) >= 11 is 11.3. The number of benzene rings is 1. The first kappa shape index (κ1) is 12.0. The standard InChI is InChI=1S/C10H7Cl2FO2/c1-2-3-15-10-6(5-14)9(12)7(11)4-8(10)13/h2,4-5H,1,3H2. The lowest BCUT2D eigenvalue weighted by Gasteiger charge is -2.09. The predicted molar refractivity (Wildman–Crippen MR) is 57.5 cm³/mol. The molecule has 1 aromatic rings. The summed E-state index contributed by atoms with van der Waals surface area (Å²) in [5.41, 5.74) is -0.0940. The average molecular weight is 249 g/mol. The first-order valence-electron chi connectivity index (χ1n) is 3.98. The Bertz CT molecular complexity index is 405. The molecule has 0 aromatic heterocycles. The van der Waals surface area contributed by atoms with Gasteiger partial charge in [-0.1, -0.05) is 35.9 Å². The Morgan fingerprint density at radius 3 is 2.73 bits per heavy atom. The molecule has 80 valence electrons. The first-order valence-corrected chi connectivity index (χ1v) is 4.73. The number of halogens is 3. The minimum absolute atomic E-state index is 0.0212. The van der Waals surface area contributed by atoms with Gasteiger partial charge in [-0.2, -0.15) is 0 Å². The molecule has 0 saturated carbocycles. The fourth-order valence-corrected chi connectivity index (χ4v) is 1.37. The van der Waals surface area contributed by atoms with Gasteiger partial charge in [-0.05, 0) is 6.07 Å². The Hall–Kier alpha value is -1.06. The van der Waals surface area contributed by atoms with Crippen LogP contribution in [0.5, 0.6) is 5.75 Å². The van der Waals surface area contributed by atoms with Crippen molar-refractivity contribution >= 4 is 29.5 Å². The van der Waals surface area contributed by atoms with Gasteiger partial charge in [0.25, 0.3) is 0 Å². The fourth-order valence-electron chi connectivity index (χ4n) is 0.991. The molecule has 0 atom stereocenters. The second-order valence-corrected chi connectivity index (χ2v) is 3.40. The van der Waals surface area contributed by atoms with Gasteiger partial charge in [-0.3, -0.25) is 4.79 Å². The number of ether oxygens (including phenoxy) is 1. The Kier molecular flexibility index (Phi) is 4.12. The van der Waals surface area contributed by atoms with Crippen LogP contribution in [-0.2, 0) is 0 Å². The average Bonchev–Trinajstić information content (AvgIpc) is 2.21. The van der Waals surface area contributed by atoms with Crippen molar-refractivity contribution in [2.75, 3.05) is 6.61 Å². The summed E-state index contributed by atoms with van der Waals surface area (Å²) in [7, 11) is 0. The summed E-state index contributed by atoms with van der Waals surface area (Å²) in [5, 5.41) is -0.0469. The zero-order valence-corrected chi connectivity index (χ0v) is 9.11. The molecule has 2 nitrogen and oxygen atoms in total. The summed E-state index contributed by atoms with van der Waals surface area (Å²) in [6, 6.07) is 0.995.